The van der Waals surface area contributed by atoms with Crippen molar-refractivity contribution < 1.29 is 14.7 Å². The number of carboxylic acid groups (broad SMARTS) is 1. The van der Waals surface area contributed by atoms with Gasteiger partial charge in [0.05, 0.1) is 12.5 Å². The van der Waals surface area contributed by atoms with Gasteiger partial charge in [-0.3, -0.25) is 9.59 Å². The van der Waals surface area contributed by atoms with Crippen LogP contribution in [0.15, 0.2) is 48.5 Å². The van der Waals surface area contributed by atoms with Gasteiger partial charge in [0.1, 0.15) is 0 Å². The van der Waals surface area contributed by atoms with E-state index in [0.29, 0.717) is 0 Å². The summed E-state index contributed by atoms with van der Waals surface area (Å²) in [5, 5.41) is 8.94. The lowest BCUT2D eigenvalue weighted by Crippen LogP contribution is -2.34. The average Bonchev–Trinajstić information content (AvgIpc) is 2.82. The van der Waals surface area contributed by atoms with Crippen LogP contribution in [0.2, 0.25) is 0 Å². The van der Waals surface area contributed by atoms with Gasteiger partial charge in [0.25, 0.3) is 0 Å². The molecule has 0 bridgehead atoms. The molecule has 0 unspecified atom stereocenters. The van der Waals surface area contributed by atoms with Gasteiger partial charge in [-0.25, -0.2) is 0 Å². The normalized spacial score (nSPS) is 12.6. The predicted octanol–water partition coefficient (Wildman–Crippen LogP) is 3.08. The average molecular weight is 295 g/mol. The van der Waals surface area contributed by atoms with Gasteiger partial charge >= 0.3 is 5.97 Å². The smallest absolute Gasteiger partial charge is 0.305 e. The van der Waals surface area contributed by atoms with E-state index in [2.05, 4.69) is 0 Å². The minimum absolute atomic E-state index is 0.0551. The number of carboxylic acids is 1. The van der Waals surface area contributed by atoms with Crippen LogP contribution in [0.25, 0.3) is 11.1 Å². The molecule has 4 heteroatoms. The van der Waals surface area contributed by atoms with E-state index < -0.39 is 5.97 Å². The van der Waals surface area contributed by atoms with Crippen molar-refractivity contribution in [1.82, 2.24) is 4.90 Å². The van der Waals surface area contributed by atoms with Crippen molar-refractivity contribution in [1.29, 1.82) is 0 Å². The maximum Gasteiger partial charge on any atom is 0.305 e. The second kappa shape index (κ2) is 5.64. The molecule has 0 spiro atoms. The number of nitrogens with zero attached hydrogens (tertiary/aromatic N) is 1. The van der Waals surface area contributed by atoms with Crippen LogP contribution < -0.4 is 0 Å². The molecule has 1 aliphatic rings. The molecule has 1 N–H and O–H groups in total. The van der Waals surface area contributed by atoms with E-state index in [1.807, 2.05) is 48.5 Å². The fourth-order valence-corrected chi connectivity index (χ4v) is 3.15. The summed E-state index contributed by atoms with van der Waals surface area (Å²) in [5.74, 6) is -1.01. The SMILES string of the molecule is CC(=O)N(CCC(=O)O)C1c2ccccc2-c2ccccc21. The first kappa shape index (κ1) is 14.3. The number of hydrogen-bond donors (Lipinski definition) is 1. The summed E-state index contributed by atoms with van der Waals surface area (Å²) in [6, 6.07) is 15.8. The largest absolute Gasteiger partial charge is 0.481 e. The van der Waals surface area contributed by atoms with Crippen molar-refractivity contribution in [3.05, 3.63) is 59.7 Å². The van der Waals surface area contributed by atoms with Gasteiger partial charge < -0.3 is 10.0 Å². The summed E-state index contributed by atoms with van der Waals surface area (Å²) in [7, 11) is 0. The summed E-state index contributed by atoms with van der Waals surface area (Å²) in [6.45, 7) is 1.70. The number of amides is 1. The summed E-state index contributed by atoms with van der Waals surface area (Å²) in [4.78, 5) is 24.6. The molecule has 2 aromatic rings. The van der Waals surface area contributed by atoms with Gasteiger partial charge in [-0.15, -0.1) is 0 Å². The van der Waals surface area contributed by atoms with E-state index >= 15 is 0 Å². The fraction of sp³-hybridized carbons (Fsp3) is 0.222. The van der Waals surface area contributed by atoms with Crippen LogP contribution in [0.4, 0.5) is 0 Å². The third-order valence-electron chi connectivity index (χ3n) is 4.08. The Morgan fingerprint density at radius 1 is 1.00 bits per heavy atom. The molecule has 0 fully saturated rings. The molecular formula is C18H17NO3. The van der Waals surface area contributed by atoms with Gasteiger partial charge in [-0.1, -0.05) is 48.5 Å². The fourth-order valence-electron chi connectivity index (χ4n) is 3.15. The van der Waals surface area contributed by atoms with Gasteiger partial charge in [0.2, 0.25) is 5.91 Å². The lowest BCUT2D eigenvalue weighted by atomic mass is 10.0. The Balaban J connectivity index is 2.08. The Morgan fingerprint density at radius 2 is 1.50 bits per heavy atom. The highest BCUT2D eigenvalue weighted by atomic mass is 16.4. The Morgan fingerprint density at radius 3 is 1.95 bits per heavy atom. The number of fused-ring (bicyclic) bond motifs is 3. The van der Waals surface area contributed by atoms with Crippen LogP contribution in [0.5, 0.6) is 0 Å². The molecule has 0 heterocycles. The molecular weight excluding hydrogens is 278 g/mol. The first-order valence-electron chi connectivity index (χ1n) is 7.27. The Hall–Kier alpha value is -2.62. The van der Waals surface area contributed by atoms with Gasteiger partial charge in [-0.05, 0) is 22.3 Å². The monoisotopic (exact) mass is 295 g/mol. The van der Waals surface area contributed by atoms with Gasteiger partial charge in [-0.2, -0.15) is 0 Å². The lowest BCUT2D eigenvalue weighted by Gasteiger charge is -2.29. The molecule has 4 nitrogen and oxygen atoms in total. The number of aliphatic carboxylic acids is 1. The molecule has 0 atom stereocenters. The van der Waals surface area contributed by atoms with Crippen LogP contribution in [-0.4, -0.2) is 28.4 Å². The van der Waals surface area contributed by atoms with E-state index in [0.717, 1.165) is 22.3 Å². The number of carbonyl (C=O) groups is 2. The summed E-state index contributed by atoms with van der Waals surface area (Å²) in [6.07, 6.45) is -0.0551. The van der Waals surface area contributed by atoms with E-state index in [-0.39, 0.29) is 24.9 Å². The molecule has 0 saturated carbocycles. The Bertz CT molecular complexity index is 693. The maximum atomic E-state index is 12.1. The highest BCUT2D eigenvalue weighted by Gasteiger charge is 2.33. The lowest BCUT2D eigenvalue weighted by molar-refractivity contribution is -0.138. The summed E-state index contributed by atoms with van der Waals surface area (Å²) in [5.41, 5.74) is 4.35. The molecule has 2 aromatic carbocycles. The van der Waals surface area contributed by atoms with Crippen LogP contribution >= 0.6 is 0 Å². The van der Waals surface area contributed by atoms with Gasteiger partial charge in [0, 0.05) is 13.5 Å². The first-order chi connectivity index (χ1) is 10.6. The minimum atomic E-state index is -0.897. The second-order valence-electron chi connectivity index (χ2n) is 5.43. The van der Waals surface area contributed by atoms with Crippen molar-refractivity contribution in [2.45, 2.75) is 19.4 Å². The number of carbonyl (C=O) groups excluding carboxylic acids is 1. The third kappa shape index (κ3) is 2.37. The molecule has 1 aliphatic carbocycles. The number of rotatable bonds is 4. The van der Waals surface area contributed by atoms with Crippen molar-refractivity contribution in [3.63, 3.8) is 0 Å². The molecule has 0 aliphatic heterocycles. The second-order valence-corrected chi connectivity index (χ2v) is 5.43. The van der Waals surface area contributed by atoms with Crippen molar-refractivity contribution >= 4 is 11.9 Å². The molecule has 112 valence electrons. The van der Waals surface area contributed by atoms with E-state index in [9.17, 15) is 9.59 Å². The van der Waals surface area contributed by atoms with E-state index in [4.69, 9.17) is 5.11 Å². The van der Waals surface area contributed by atoms with E-state index in [1.165, 1.54) is 6.92 Å². The minimum Gasteiger partial charge on any atom is -0.481 e. The predicted molar refractivity (Wildman–Crippen MR) is 83.4 cm³/mol. The molecule has 22 heavy (non-hydrogen) atoms. The number of benzene rings is 2. The zero-order chi connectivity index (χ0) is 15.7. The maximum absolute atomic E-state index is 12.1. The standard InChI is InChI=1S/C18H17NO3/c1-12(20)19(11-10-17(21)22)18-15-8-4-2-6-13(15)14-7-3-5-9-16(14)18/h2-9,18H,10-11H2,1H3,(H,21,22). The zero-order valence-electron chi connectivity index (χ0n) is 12.3. The molecule has 3 rings (SSSR count). The molecule has 0 saturated heterocycles. The van der Waals surface area contributed by atoms with Gasteiger partial charge in [0.15, 0.2) is 0 Å². The topological polar surface area (TPSA) is 57.6 Å². The van der Waals surface area contributed by atoms with Crippen LogP contribution in [-0.2, 0) is 9.59 Å². The highest BCUT2D eigenvalue weighted by Crippen LogP contribution is 2.46. The summed E-state index contributed by atoms with van der Waals surface area (Å²) < 4.78 is 0. The zero-order valence-corrected chi connectivity index (χ0v) is 12.3. The van der Waals surface area contributed by atoms with Crippen LogP contribution in [0, 0.1) is 0 Å². The molecule has 0 aromatic heterocycles. The Labute approximate surface area is 129 Å². The molecule has 1 amide bonds. The quantitative estimate of drug-likeness (QED) is 0.943. The first-order valence-corrected chi connectivity index (χ1v) is 7.27. The van der Waals surface area contributed by atoms with E-state index in [1.54, 1.807) is 4.90 Å². The van der Waals surface area contributed by atoms with Crippen molar-refractivity contribution in [2.75, 3.05) is 6.54 Å². The Kier molecular flexibility index (Phi) is 3.67. The highest BCUT2D eigenvalue weighted by molar-refractivity contribution is 5.82. The van der Waals surface area contributed by atoms with Crippen LogP contribution in [0.3, 0.4) is 0 Å². The van der Waals surface area contributed by atoms with Crippen molar-refractivity contribution in [3.8, 4) is 11.1 Å². The summed E-state index contributed by atoms with van der Waals surface area (Å²) >= 11 is 0. The van der Waals surface area contributed by atoms with Crippen molar-refractivity contribution in [2.24, 2.45) is 0 Å². The third-order valence-corrected chi connectivity index (χ3v) is 4.08. The molecule has 0 radical (unpaired) electrons. The van der Waals surface area contributed by atoms with Crippen LogP contribution in [0.1, 0.15) is 30.5 Å². The number of hydrogen-bond acceptors (Lipinski definition) is 2.